The first-order chi connectivity index (χ1) is 13.0. The van der Waals surface area contributed by atoms with Gasteiger partial charge >= 0.3 is 5.97 Å². The standard InChI is InChI=1S/C17H25N3O7/c1-10(22)26-13-5-15(27-14(13)8-21)20-7-12(17(24)19-9-20)16(23)18-6-11-3-2-4-25-11/h7,11,13-15,21H,2-6,8-9H2,1H3,(H,18,23)(H,19,24)/t11-,13?,14+,15+/m0/s1. The van der Waals surface area contributed by atoms with Crippen molar-refractivity contribution < 1.29 is 33.7 Å². The lowest BCUT2D eigenvalue weighted by atomic mass is 10.1. The summed E-state index contributed by atoms with van der Waals surface area (Å²) < 4.78 is 16.4. The molecule has 0 aromatic rings. The molecule has 27 heavy (non-hydrogen) atoms. The average Bonchev–Trinajstić information content (AvgIpc) is 3.29. The van der Waals surface area contributed by atoms with Gasteiger partial charge in [-0.15, -0.1) is 0 Å². The van der Waals surface area contributed by atoms with E-state index < -0.39 is 36.2 Å². The summed E-state index contributed by atoms with van der Waals surface area (Å²) in [7, 11) is 0. The van der Waals surface area contributed by atoms with Gasteiger partial charge in [-0.3, -0.25) is 14.4 Å². The Balaban J connectivity index is 1.62. The summed E-state index contributed by atoms with van der Waals surface area (Å²) in [5.41, 5.74) is -0.0284. The van der Waals surface area contributed by atoms with Crippen molar-refractivity contribution in [3.05, 3.63) is 11.8 Å². The van der Waals surface area contributed by atoms with Crippen LogP contribution < -0.4 is 10.6 Å². The molecule has 0 aromatic heterocycles. The Morgan fingerprint density at radius 1 is 1.48 bits per heavy atom. The Kier molecular flexibility index (Phi) is 6.30. The molecule has 150 valence electrons. The molecule has 0 saturated carbocycles. The number of esters is 1. The first-order valence-corrected chi connectivity index (χ1v) is 9.07. The van der Waals surface area contributed by atoms with Crippen molar-refractivity contribution in [1.29, 1.82) is 0 Å². The Morgan fingerprint density at radius 3 is 2.96 bits per heavy atom. The minimum Gasteiger partial charge on any atom is -0.460 e. The second-order valence-electron chi connectivity index (χ2n) is 6.76. The maximum Gasteiger partial charge on any atom is 0.302 e. The summed E-state index contributed by atoms with van der Waals surface area (Å²) in [5.74, 6) is -1.41. The first-order valence-electron chi connectivity index (χ1n) is 9.07. The van der Waals surface area contributed by atoms with Gasteiger partial charge in [0.25, 0.3) is 11.8 Å². The molecule has 0 bridgehead atoms. The van der Waals surface area contributed by atoms with Crippen LogP contribution >= 0.6 is 0 Å². The van der Waals surface area contributed by atoms with Gasteiger partial charge in [0.15, 0.2) is 0 Å². The number of aliphatic hydroxyl groups is 1. The topological polar surface area (TPSA) is 126 Å². The number of nitrogens with one attached hydrogen (secondary N) is 2. The van der Waals surface area contributed by atoms with Crippen molar-refractivity contribution in [2.75, 3.05) is 26.4 Å². The lowest BCUT2D eigenvalue weighted by Gasteiger charge is -2.31. The maximum atomic E-state index is 12.4. The predicted octanol–water partition coefficient (Wildman–Crippen LogP) is -1.41. The first kappa shape index (κ1) is 19.6. The Morgan fingerprint density at radius 2 is 2.30 bits per heavy atom. The monoisotopic (exact) mass is 383 g/mol. The largest absolute Gasteiger partial charge is 0.460 e. The minimum absolute atomic E-state index is 0.0229. The molecule has 10 heteroatoms. The zero-order chi connectivity index (χ0) is 19.4. The molecule has 10 nitrogen and oxygen atoms in total. The highest BCUT2D eigenvalue weighted by Crippen LogP contribution is 2.27. The van der Waals surface area contributed by atoms with E-state index in [1.807, 2.05) is 0 Å². The number of nitrogens with zero attached hydrogens (tertiary/aromatic N) is 1. The number of ether oxygens (including phenoxy) is 3. The van der Waals surface area contributed by atoms with Gasteiger partial charge in [-0.05, 0) is 12.8 Å². The fourth-order valence-electron chi connectivity index (χ4n) is 3.39. The molecule has 3 rings (SSSR count). The summed E-state index contributed by atoms with van der Waals surface area (Å²) in [6.07, 6.45) is 1.82. The van der Waals surface area contributed by atoms with Gasteiger partial charge in [-0.2, -0.15) is 0 Å². The number of amides is 2. The quantitative estimate of drug-likeness (QED) is 0.377. The highest BCUT2D eigenvalue weighted by molar-refractivity contribution is 6.18. The molecule has 3 heterocycles. The van der Waals surface area contributed by atoms with Crippen LogP contribution in [0.2, 0.25) is 0 Å². The highest BCUT2D eigenvalue weighted by Gasteiger charge is 2.40. The second-order valence-corrected chi connectivity index (χ2v) is 6.76. The number of hydrogen-bond acceptors (Lipinski definition) is 8. The summed E-state index contributed by atoms with van der Waals surface area (Å²) in [4.78, 5) is 37.3. The zero-order valence-electron chi connectivity index (χ0n) is 15.2. The smallest absolute Gasteiger partial charge is 0.302 e. The van der Waals surface area contributed by atoms with Crippen LogP contribution in [0.1, 0.15) is 26.2 Å². The molecule has 2 fully saturated rings. The number of aliphatic hydroxyl groups excluding tert-OH is 1. The van der Waals surface area contributed by atoms with E-state index in [0.717, 1.165) is 12.8 Å². The van der Waals surface area contributed by atoms with Gasteiger partial charge in [0.1, 0.15) is 24.0 Å². The van der Waals surface area contributed by atoms with E-state index in [1.54, 1.807) is 4.90 Å². The molecular weight excluding hydrogens is 358 g/mol. The van der Waals surface area contributed by atoms with Crippen molar-refractivity contribution in [3.8, 4) is 0 Å². The van der Waals surface area contributed by atoms with E-state index in [0.29, 0.717) is 19.6 Å². The molecule has 0 aromatic carbocycles. The highest BCUT2D eigenvalue weighted by atomic mass is 16.6. The van der Waals surface area contributed by atoms with E-state index in [9.17, 15) is 19.5 Å². The molecule has 0 spiro atoms. The van der Waals surface area contributed by atoms with Crippen molar-refractivity contribution in [2.45, 2.75) is 50.7 Å². The number of carbonyl (C=O) groups excluding carboxylic acids is 3. The minimum atomic E-state index is -0.651. The van der Waals surface area contributed by atoms with Crippen molar-refractivity contribution >= 4 is 17.8 Å². The summed E-state index contributed by atoms with van der Waals surface area (Å²) in [5, 5.41) is 14.8. The molecule has 1 unspecified atom stereocenters. The fraction of sp³-hybridized carbons (Fsp3) is 0.706. The van der Waals surface area contributed by atoms with Crippen molar-refractivity contribution in [3.63, 3.8) is 0 Å². The molecular formula is C17H25N3O7. The molecule has 4 atom stereocenters. The fourth-order valence-corrected chi connectivity index (χ4v) is 3.39. The van der Waals surface area contributed by atoms with Crippen molar-refractivity contribution in [1.82, 2.24) is 15.5 Å². The van der Waals surface area contributed by atoms with Crippen LogP contribution in [0, 0.1) is 0 Å². The number of rotatable bonds is 6. The Hall–Kier alpha value is -2.17. The number of hydrogen-bond donors (Lipinski definition) is 3. The van der Waals surface area contributed by atoms with Crippen molar-refractivity contribution in [2.24, 2.45) is 0 Å². The zero-order valence-corrected chi connectivity index (χ0v) is 15.2. The Bertz CT molecular complexity index is 618. The molecule has 0 aliphatic carbocycles. The van der Waals surface area contributed by atoms with Crippen LogP contribution in [0.5, 0.6) is 0 Å². The third-order valence-electron chi connectivity index (χ3n) is 4.77. The number of carbonyl (C=O) groups is 3. The van der Waals surface area contributed by atoms with E-state index in [2.05, 4.69) is 10.6 Å². The predicted molar refractivity (Wildman–Crippen MR) is 90.8 cm³/mol. The third-order valence-corrected chi connectivity index (χ3v) is 4.77. The molecule has 2 amide bonds. The second kappa shape index (κ2) is 8.68. The molecule has 3 aliphatic heterocycles. The van der Waals surface area contributed by atoms with Gasteiger partial charge in [-0.25, -0.2) is 0 Å². The van der Waals surface area contributed by atoms with Crippen LogP contribution in [-0.2, 0) is 28.6 Å². The van der Waals surface area contributed by atoms with Crippen LogP contribution in [0.15, 0.2) is 11.8 Å². The molecule has 3 N–H and O–H groups in total. The lowest BCUT2D eigenvalue weighted by Crippen LogP contribution is -2.48. The average molecular weight is 383 g/mol. The molecule has 0 radical (unpaired) electrons. The van der Waals surface area contributed by atoms with Gasteiger partial charge in [0.2, 0.25) is 0 Å². The summed E-state index contributed by atoms with van der Waals surface area (Å²) in [6, 6.07) is 0. The van der Waals surface area contributed by atoms with E-state index >= 15 is 0 Å². The molecule has 2 saturated heterocycles. The van der Waals surface area contributed by atoms with E-state index in [4.69, 9.17) is 14.2 Å². The lowest BCUT2D eigenvalue weighted by molar-refractivity contribution is -0.150. The van der Waals surface area contributed by atoms with Gasteiger partial charge in [-0.1, -0.05) is 0 Å². The van der Waals surface area contributed by atoms with E-state index in [-0.39, 0.29) is 25.0 Å². The third kappa shape index (κ3) is 4.76. The van der Waals surface area contributed by atoms with Crippen LogP contribution in [0.25, 0.3) is 0 Å². The maximum absolute atomic E-state index is 12.4. The van der Waals surface area contributed by atoms with Crippen LogP contribution in [0.3, 0.4) is 0 Å². The van der Waals surface area contributed by atoms with Gasteiger partial charge < -0.3 is 34.9 Å². The van der Waals surface area contributed by atoms with Gasteiger partial charge in [0, 0.05) is 32.7 Å². The van der Waals surface area contributed by atoms with Crippen LogP contribution in [0.4, 0.5) is 0 Å². The normalized spacial score (nSPS) is 30.7. The Labute approximate surface area is 156 Å². The SMILES string of the molecule is CC(=O)OC1C[C@H](N2C=C(C(=O)NC[C@@H]3CCCO3)C(=O)NC2)O[C@@H]1CO. The van der Waals surface area contributed by atoms with Crippen LogP contribution in [-0.4, -0.2) is 78.8 Å². The summed E-state index contributed by atoms with van der Waals surface area (Å²) in [6.45, 7) is 2.18. The van der Waals surface area contributed by atoms with E-state index in [1.165, 1.54) is 13.1 Å². The summed E-state index contributed by atoms with van der Waals surface area (Å²) >= 11 is 0. The molecule has 3 aliphatic rings. The van der Waals surface area contributed by atoms with Gasteiger partial charge in [0.05, 0.1) is 19.4 Å².